The third-order valence-electron chi connectivity index (χ3n) is 6.57. The molecule has 1 aliphatic heterocycles. The van der Waals surface area contributed by atoms with Crippen LogP contribution in [0.15, 0.2) is 52.3 Å². The van der Waals surface area contributed by atoms with Crippen LogP contribution in [-0.2, 0) is 35.7 Å². The van der Waals surface area contributed by atoms with Crippen LogP contribution in [0.1, 0.15) is 23.6 Å². The molecule has 5 rings (SSSR count). The Kier molecular flexibility index (Phi) is 7.08. The number of hydrogen-bond acceptors (Lipinski definition) is 8. The average Bonchev–Trinajstić information content (AvgIpc) is 3.14. The molecule has 0 amide bonds. The van der Waals surface area contributed by atoms with E-state index in [1.165, 1.54) is 56.9 Å². The molecule has 1 N–H and O–H groups in total. The monoisotopic (exact) mass is 550 g/mol. The Morgan fingerprint density at radius 1 is 1.26 bits per heavy atom. The van der Waals surface area contributed by atoms with Crippen molar-refractivity contribution in [3.8, 4) is 5.82 Å². The van der Waals surface area contributed by atoms with Crippen LogP contribution < -0.4 is 10.9 Å². The number of halogens is 1. The van der Waals surface area contributed by atoms with Gasteiger partial charge in [0.2, 0.25) is 5.95 Å². The lowest BCUT2D eigenvalue weighted by atomic mass is 9.92. The maximum absolute atomic E-state index is 14.5. The lowest BCUT2D eigenvalue weighted by molar-refractivity contribution is 0.312. The zero-order valence-electron chi connectivity index (χ0n) is 22.4. The predicted molar refractivity (Wildman–Crippen MR) is 152 cm³/mol. The minimum absolute atomic E-state index is 0.153. The fraction of sp³-hybridized carbons (Fsp3) is 0.333. The van der Waals surface area contributed by atoms with Crippen molar-refractivity contribution >= 4 is 38.2 Å². The zero-order chi connectivity index (χ0) is 27.9. The summed E-state index contributed by atoms with van der Waals surface area (Å²) in [5.74, 6) is -0.524. The molecule has 12 heteroatoms. The minimum Gasteiger partial charge on any atom is -0.324 e. The highest BCUT2D eigenvalue weighted by molar-refractivity contribution is 7.92. The van der Waals surface area contributed by atoms with Gasteiger partial charge in [0, 0.05) is 47.2 Å². The number of pyridine rings is 1. The maximum atomic E-state index is 14.5. The van der Waals surface area contributed by atoms with E-state index in [0.29, 0.717) is 5.95 Å². The van der Waals surface area contributed by atoms with Crippen molar-refractivity contribution in [1.82, 2.24) is 29.2 Å². The van der Waals surface area contributed by atoms with Gasteiger partial charge in [0.1, 0.15) is 5.39 Å². The van der Waals surface area contributed by atoms with Crippen LogP contribution in [0.2, 0.25) is 0 Å². The van der Waals surface area contributed by atoms with Crippen molar-refractivity contribution in [2.45, 2.75) is 32.9 Å². The summed E-state index contributed by atoms with van der Waals surface area (Å²) in [6, 6.07) is 6.84. The number of aryl methyl sites for hydroxylation is 1. The molecule has 4 heterocycles. The van der Waals surface area contributed by atoms with E-state index in [1.807, 2.05) is 0 Å². The van der Waals surface area contributed by atoms with E-state index in [-0.39, 0.29) is 34.8 Å². The molecule has 0 unspecified atom stereocenters. The molecule has 1 aromatic carbocycles. The van der Waals surface area contributed by atoms with Crippen molar-refractivity contribution in [2.75, 3.05) is 31.4 Å². The summed E-state index contributed by atoms with van der Waals surface area (Å²) in [4.78, 5) is 28.9. The summed E-state index contributed by atoms with van der Waals surface area (Å²) in [7, 11) is -0.562. The third kappa shape index (κ3) is 5.34. The first-order valence-corrected chi connectivity index (χ1v) is 14.9. The molecule has 4 aromatic rings. The van der Waals surface area contributed by atoms with Crippen LogP contribution in [0.5, 0.6) is 0 Å². The molecular formula is C27H31FN8O2S. The molecule has 0 aliphatic carbocycles. The molecule has 39 heavy (non-hydrogen) atoms. The highest BCUT2D eigenvalue weighted by atomic mass is 32.2. The van der Waals surface area contributed by atoms with E-state index >= 15 is 0 Å². The summed E-state index contributed by atoms with van der Waals surface area (Å²) >= 11 is 0. The number of fused-ring (bicyclic) bond motifs is 2. The van der Waals surface area contributed by atoms with Crippen LogP contribution in [-0.4, -0.2) is 59.5 Å². The number of aromatic nitrogens is 5. The molecule has 1 aliphatic rings. The Labute approximate surface area is 226 Å². The number of anilines is 2. The van der Waals surface area contributed by atoms with Crippen molar-refractivity contribution in [3.05, 3.63) is 76.0 Å². The maximum Gasteiger partial charge on any atom is 0.278 e. The molecule has 0 spiro atoms. The lowest BCUT2D eigenvalue weighted by Gasteiger charge is -2.27. The quantitative estimate of drug-likeness (QED) is 0.347. The van der Waals surface area contributed by atoms with E-state index in [0.717, 1.165) is 31.6 Å². The van der Waals surface area contributed by atoms with Gasteiger partial charge in [0.15, 0.2) is 23.1 Å². The number of likely N-dealkylation sites (N-methyl/N-ethyl adjacent to an activating group) is 1. The number of benzene rings is 1. The first-order chi connectivity index (χ1) is 18.6. The Morgan fingerprint density at radius 2 is 2.05 bits per heavy atom. The van der Waals surface area contributed by atoms with Crippen LogP contribution >= 0.6 is 0 Å². The van der Waals surface area contributed by atoms with E-state index in [1.54, 1.807) is 6.08 Å². The zero-order valence-corrected chi connectivity index (χ0v) is 23.3. The highest BCUT2D eigenvalue weighted by Gasteiger charge is 2.21. The van der Waals surface area contributed by atoms with Crippen molar-refractivity contribution in [1.29, 1.82) is 0 Å². The summed E-state index contributed by atoms with van der Waals surface area (Å²) in [6.07, 6.45) is 7.76. The lowest BCUT2D eigenvalue weighted by Crippen LogP contribution is -2.27. The molecular weight excluding hydrogens is 519 g/mol. The third-order valence-corrected chi connectivity index (χ3v) is 7.18. The molecule has 204 valence electrons. The van der Waals surface area contributed by atoms with Gasteiger partial charge < -0.3 is 10.2 Å². The van der Waals surface area contributed by atoms with Gasteiger partial charge in [-0.2, -0.15) is 9.35 Å². The highest BCUT2D eigenvalue weighted by Crippen LogP contribution is 2.28. The Balaban J connectivity index is 1.64. The van der Waals surface area contributed by atoms with Gasteiger partial charge >= 0.3 is 0 Å². The molecule has 0 atom stereocenters. The van der Waals surface area contributed by atoms with Crippen LogP contribution in [0.25, 0.3) is 16.9 Å². The number of nitrogens with zero attached hydrogens (tertiary/aromatic N) is 7. The standard InChI is InChI=1S/C27H31FN8O2S/c1-6-11-35-26(37)21-15-29-27(30-19-13-17(7-2)20-10-12-34(3)16-18(20)14-19)32-25(21)36(35)23-9-8-22(28)24(31-23)33-39(4,5)38/h6,8-9,13-15H,1,7,10-12,16H2,2-5H3,(H,29,30,32). The van der Waals surface area contributed by atoms with Gasteiger partial charge in [0.05, 0.1) is 6.54 Å². The minimum atomic E-state index is -2.67. The van der Waals surface area contributed by atoms with Crippen molar-refractivity contribution < 1.29 is 8.60 Å². The molecule has 0 bridgehead atoms. The Bertz CT molecular complexity index is 1780. The second-order valence-electron chi connectivity index (χ2n) is 9.91. The number of rotatable bonds is 7. The van der Waals surface area contributed by atoms with Gasteiger partial charge in [-0.25, -0.2) is 27.9 Å². The van der Waals surface area contributed by atoms with Gasteiger partial charge in [-0.05, 0) is 60.8 Å². The molecule has 3 aromatic heterocycles. The largest absolute Gasteiger partial charge is 0.324 e. The summed E-state index contributed by atoms with van der Waals surface area (Å²) in [6.45, 7) is 7.95. The number of allylic oxidation sites excluding steroid dienone is 1. The second kappa shape index (κ2) is 10.3. The molecule has 0 saturated carbocycles. The first-order valence-electron chi connectivity index (χ1n) is 12.6. The van der Waals surface area contributed by atoms with Gasteiger partial charge in [0.25, 0.3) is 5.56 Å². The first kappa shape index (κ1) is 26.7. The van der Waals surface area contributed by atoms with Crippen molar-refractivity contribution in [2.24, 2.45) is 4.36 Å². The number of nitrogens with one attached hydrogen (secondary N) is 1. The summed E-state index contributed by atoms with van der Waals surface area (Å²) in [5.41, 5.74) is 4.76. The summed E-state index contributed by atoms with van der Waals surface area (Å²) < 4.78 is 33.5. The second-order valence-corrected chi connectivity index (χ2v) is 12.5. The fourth-order valence-corrected chi connectivity index (χ4v) is 5.41. The van der Waals surface area contributed by atoms with E-state index in [4.69, 9.17) is 0 Å². The normalized spacial score (nSPS) is 13.9. The van der Waals surface area contributed by atoms with Crippen LogP contribution in [0, 0.1) is 5.82 Å². The smallest absolute Gasteiger partial charge is 0.278 e. The fourth-order valence-electron chi connectivity index (χ4n) is 4.87. The van der Waals surface area contributed by atoms with Crippen LogP contribution in [0.4, 0.5) is 21.8 Å². The summed E-state index contributed by atoms with van der Waals surface area (Å²) in [5, 5.41) is 3.57. The van der Waals surface area contributed by atoms with Gasteiger partial charge in [-0.1, -0.05) is 13.0 Å². The average molecular weight is 551 g/mol. The molecule has 0 radical (unpaired) electrons. The Morgan fingerprint density at radius 3 is 2.77 bits per heavy atom. The van der Waals surface area contributed by atoms with Gasteiger partial charge in [-0.3, -0.25) is 4.79 Å². The number of hydrogen-bond donors (Lipinski definition) is 1. The predicted octanol–water partition coefficient (Wildman–Crippen LogP) is 3.96. The van der Waals surface area contributed by atoms with E-state index < -0.39 is 15.5 Å². The molecule has 10 nitrogen and oxygen atoms in total. The topological polar surface area (TPSA) is 110 Å². The molecule has 0 saturated heterocycles. The SMILES string of the molecule is C=CCn1c(=O)c2cnc(Nc3cc(CC)c4c(c3)CN(C)CC4)nc2n1-c1ccc(F)c(N=S(C)(C)=O)n1. The van der Waals surface area contributed by atoms with E-state index in [9.17, 15) is 13.4 Å². The Hall–Kier alpha value is -3.90. The van der Waals surface area contributed by atoms with Crippen LogP contribution in [0.3, 0.4) is 0 Å². The molecule has 0 fully saturated rings. The van der Waals surface area contributed by atoms with Gasteiger partial charge in [-0.15, -0.1) is 6.58 Å². The van der Waals surface area contributed by atoms with Crippen molar-refractivity contribution in [3.63, 3.8) is 0 Å². The van der Waals surface area contributed by atoms with E-state index in [2.05, 4.69) is 62.2 Å².